The first kappa shape index (κ1) is 7.58. The molecule has 0 aromatic heterocycles. The van der Waals surface area contributed by atoms with Gasteiger partial charge in [0.05, 0.1) is 0 Å². The highest BCUT2D eigenvalue weighted by Gasteiger charge is 2.28. The summed E-state index contributed by atoms with van der Waals surface area (Å²) in [4.78, 5) is 0. The summed E-state index contributed by atoms with van der Waals surface area (Å²) in [6.07, 6.45) is -0.548. The van der Waals surface area contributed by atoms with Gasteiger partial charge in [-0.3, -0.25) is 0 Å². The molecule has 1 aliphatic heterocycles. The Morgan fingerprint density at radius 1 is 1.25 bits per heavy atom. The summed E-state index contributed by atoms with van der Waals surface area (Å²) in [5.41, 5.74) is 0.0460. The van der Waals surface area contributed by atoms with Gasteiger partial charge in [0.1, 0.15) is 13.2 Å². The van der Waals surface area contributed by atoms with E-state index in [1.807, 2.05) is 0 Å². The summed E-state index contributed by atoms with van der Waals surface area (Å²) in [6, 6.07) is 0. The average molecular weight is 174 g/mol. The van der Waals surface area contributed by atoms with Crippen molar-refractivity contribution in [3.63, 3.8) is 0 Å². The summed E-state index contributed by atoms with van der Waals surface area (Å²) in [6.45, 7) is 0.814. The molecule has 0 saturated carbocycles. The van der Waals surface area contributed by atoms with Crippen LogP contribution in [0, 0.1) is 0 Å². The van der Waals surface area contributed by atoms with E-state index in [-0.39, 0.29) is 17.8 Å². The molecular weight excluding hydrogens is 166 g/mol. The summed E-state index contributed by atoms with van der Waals surface area (Å²) < 4.78 is 34.8. The largest absolute Gasteiger partial charge is 0.486 e. The maximum atomic E-state index is 12.3. The van der Waals surface area contributed by atoms with Gasteiger partial charge in [-0.25, -0.2) is 8.78 Å². The van der Waals surface area contributed by atoms with E-state index in [1.165, 1.54) is 0 Å². The Hall–Kier alpha value is -1.06. The third-order valence-corrected chi connectivity index (χ3v) is 1.87. The van der Waals surface area contributed by atoms with Crippen LogP contribution in [0.15, 0.2) is 23.2 Å². The summed E-state index contributed by atoms with van der Waals surface area (Å²) >= 11 is 0. The normalized spacial score (nSPS) is 21.8. The van der Waals surface area contributed by atoms with E-state index in [0.29, 0.717) is 19.0 Å². The van der Waals surface area contributed by atoms with Crippen molar-refractivity contribution in [1.29, 1.82) is 0 Å². The molecule has 2 rings (SSSR count). The van der Waals surface area contributed by atoms with E-state index in [2.05, 4.69) is 0 Å². The molecule has 0 N–H and O–H groups in total. The molecule has 0 unspecified atom stereocenters. The predicted octanol–water partition coefficient (Wildman–Crippen LogP) is 1.84. The second-order valence-electron chi connectivity index (χ2n) is 2.62. The Bertz CT molecular complexity index is 256. The van der Waals surface area contributed by atoms with Gasteiger partial charge in [-0.15, -0.1) is 0 Å². The second kappa shape index (κ2) is 2.77. The minimum atomic E-state index is -2.43. The average Bonchev–Trinajstić information content (AvgIpc) is 2.47. The fourth-order valence-corrected chi connectivity index (χ4v) is 1.32. The molecule has 66 valence electrons. The molecule has 0 aromatic carbocycles. The summed E-state index contributed by atoms with van der Waals surface area (Å²) in [5, 5.41) is 0. The fraction of sp³-hybridized carbons (Fsp3) is 0.500. The molecule has 12 heavy (non-hydrogen) atoms. The van der Waals surface area contributed by atoms with Crippen LogP contribution in [-0.2, 0) is 9.47 Å². The summed E-state index contributed by atoms with van der Waals surface area (Å²) in [5.74, 6) is 0.743. The SMILES string of the molecule is FC(F)C1=C2OCCOC2=CC1. The van der Waals surface area contributed by atoms with Crippen molar-refractivity contribution >= 4 is 0 Å². The Morgan fingerprint density at radius 3 is 2.75 bits per heavy atom. The highest BCUT2D eigenvalue weighted by atomic mass is 19.3. The van der Waals surface area contributed by atoms with Gasteiger partial charge >= 0.3 is 0 Å². The first-order chi connectivity index (χ1) is 5.79. The van der Waals surface area contributed by atoms with Crippen LogP contribution in [-0.4, -0.2) is 19.6 Å². The topological polar surface area (TPSA) is 18.5 Å². The molecule has 1 saturated heterocycles. The number of ether oxygens (including phenoxy) is 2. The fourth-order valence-electron chi connectivity index (χ4n) is 1.32. The minimum absolute atomic E-state index is 0.0460. The van der Waals surface area contributed by atoms with Gasteiger partial charge in [0.25, 0.3) is 6.43 Å². The molecule has 0 bridgehead atoms. The molecule has 1 aliphatic carbocycles. The van der Waals surface area contributed by atoms with E-state index in [9.17, 15) is 8.78 Å². The lowest BCUT2D eigenvalue weighted by Crippen LogP contribution is -2.14. The lowest BCUT2D eigenvalue weighted by Gasteiger charge is -2.19. The zero-order chi connectivity index (χ0) is 8.55. The minimum Gasteiger partial charge on any atom is -0.486 e. The van der Waals surface area contributed by atoms with Gasteiger partial charge in [0, 0.05) is 5.57 Å². The van der Waals surface area contributed by atoms with Crippen LogP contribution < -0.4 is 0 Å². The molecule has 2 aliphatic rings. The van der Waals surface area contributed by atoms with E-state index < -0.39 is 6.43 Å². The lowest BCUT2D eigenvalue weighted by molar-refractivity contribution is 0.0555. The number of hydrogen-bond acceptors (Lipinski definition) is 2. The molecular formula is C8H8F2O2. The monoisotopic (exact) mass is 174 g/mol. The third kappa shape index (κ3) is 1.07. The Balaban J connectivity index is 2.26. The zero-order valence-corrected chi connectivity index (χ0v) is 6.35. The molecule has 0 radical (unpaired) electrons. The molecule has 0 spiro atoms. The van der Waals surface area contributed by atoms with Crippen molar-refractivity contribution in [1.82, 2.24) is 0 Å². The number of hydrogen-bond donors (Lipinski definition) is 0. The van der Waals surface area contributed by atoms with Gasteiger partial charge in [-0.2, -0.15) is 0 Å². The van der Waals surface area contributed by atoms with Crippen LogP contribution in [0.1, 0.15) is 6.42 Å². The van der Waals surface area contributed by atoms with Crippen molar-refractivity contribution < 1.29 is 18.3 Å². The highest BCUT2D eigenvalue weighted by Crippen LogP contribution is 2.33. The van der Waals surface area contributed by atoms with Gasteiger partial charge in [-0.05, 0) is 12.5 Å². The van der Waals surface area contributed by atoms with Crippen molar-refractivity contribution in [3.05, 3.63) is 23.2 Å². The van der Waals surface area contributed by atoms with E-state index >= 15 is 0 Å². The highest BCUT2D eigenvalue weighted by molar-refractivity contribution is 5.36. The number of allylic oxidation sites excluding steroid dienone is 2. The van der Waals surface area contributed by atoms with Crippen LogP contribution in [0.4, 0.5) is 8.78 Å². The van der Waals surface area contributed by atoms with Crippen LogP contribution in [0.2, 0.25) is 0 Å². The second-order valence-corrected chi connectivity index (χ2v) is 2.62. The molecule has 1 fully saturated rings. The number of fused-ring (bicyclic) bond motifs is 1. The summed E-state index contributed by atoms with van der Waals surface area (Å²) in [7, 11) is 0. The zero-order valence-electron chi connectivity index (χ0n) is 6.35. The van der Waals surface area contributed by atoms with Crippen molar-refractivity contribution in [2.45, 2.75) is 12.8 Å². The van der Waals surface area contributed by atoms with Gasteiger partial charge in [-0.1, -0.05) is 0 Å². The maximum Gasteiger partial charge on any atom is 0.264 e. The Labute approximate surface area is 68.5 Å². The lowest BCUT2D eigenvalue weighted by atomic mass is 10.2. The van der Waals surface area contributed by atoms with Gasteiger partial charge in [0.2, 0.25) is 0 Å². The molecule has 2 nitrogen and oxygen atoms in total. The van der Waals surface area contributed by atoms with Crippen molar-refractivity contribution in [3.8, 4) is 0 Å². The predicted molar refractivity (Wildman–Crippen MR) is 37.6 cm³/mol. The number of alkyl halides is 2. The van der Waals surface area contributed by atoms with Crippen LogP contribution in [0.3, 0.4) is 0 Å². The van der Waals surface area contributed by atoms with Crippen molar-refractivity contribution in [2.24, 2.45) is 0 Å². The first-order valence-corrected chi connectivity index (χ1v) is 3.76. The molecule has 0 atom stereocenters. The number of halogens is 2. The first-order valence-electron chi connectivity index (χ1n) is 3.76. The van der Waals surface area contributed by atoms with Crippen LogP contribution in [0.5, 0.6) is 0 Å². The Morgan fingerprint density at radius 2 is 2.00 bits per heavy atom. The van der Waals surface area contributed by atoms with Crippen LogP contribution >= 0.6 is 0 Å². The van der Waals surface area contributed by atoms with E-state index in [0.717, 1.165) is 0 Å². The van der Waals surface area contributed by atoms with Crippen molar-refractivity contribution in [2.75, 3.05) is 13.2 Å². The van der Waals surface area contributed by atoms with Gasteiger partial charge < -0.3 is 9.47 Å². The quantitative estimate of drug-likeness (QED) is 0.603. The molecule has 4 heteroatoms. The van der Waals surface area contributed by atoms with Gasteiger partial charge in [0.15, 0.2) is 11.5 Å². The number of rotatable bonds is 1. The third-order valence-electron chi connectivity index (χ3n) is 1.87. The Kier molecular flexibility index (Phi) is 1.75. The van der Waals surface area contributed by atoms with Crippen LogP contribution in [0.25, 0.3) is 0 Å². The molecule has 0 amide bonds. The smallest absolute Gasteiger partial charge is 0.264 e. The van der Waals surface area contributed by atoms with E-state index in [4.69, 9.17) is 9.47 Å². The molecule has 1 heterocycles. The van der Waals surface area contributed by atoms with E-state index in [1.54, 1.807) is 6.08 Å². The standard InChI is InChI=1S/C8H8F2O2/c9-8(10)5-1-2-6-7(5)12-4-3-11-6/h2,8H,1,3-4H2. The molecule has 0 aromatic rings. The maximum absolute atomic E-state index is 12.3.